The Hall–Kier alpha value is -2.78. The van der Waals surface area contributed by atoms with E-state index in [2.05, 4.69) is 9.97 Å². The van der Waals surface area contributed by atoms with E-state index in [-0.39, 0.29) is 5.56 Å². The average Bonchev–Trinajstić information content (AvgIpc) is 2.94. The van der Waals surface area contributed by atoms with Crippen molar-refractivity contribution in [2.75, 3.05) is 0 Å². The van der Waals surface area contributed by atoms with E-state index in [0.29, 0.717) is 21.1 Å². The van der Waals surface area contributed by atoms with E-state index in [4.69, 9.17) is 5.26 Å². The van der Waals surface area contributed by atoms with Crippen LogP contribution in [0.3, 0.4) is 0 Å². The van der Waals surface area contributed by atoms with E-state index >= 15 is 0 Å². The molecular formula is C15H10N4OS. The van der Waals surface area contributed by atoms with E-state index in [0.717, 1.165) is 5.56 Å². The molecule has 0 N–H and O–H groups in total. The molecule has 0 aliphatic carbocycles. The highest BCUT2D eigenvalue weighted by Gasteiger charge is 2.10. The number of pyridine rings is 1. The third-order valence-corrected chi connectivity index (χ3v) is 3.91. The molecule has 5 nitrogen and oxygen atoms in total. The second-order valence-electron chi connectivity index (χ2n) is 4.41. The topological polar surface area (TPSA) is 71.1 Å². The maximum Gasteiger partial charge on any atom is 0.262 e. The highest BCUT2D eigenvalue weighted by atomic mass is 32.1. The molecule has 21 heavy (non-hydrogen) atoms. The molecule has 0 spiro atoms. The van der Waals surface area contributed by atoms with Gasteiger partial charge in [-0.25, -0.2) is 4.98 Å². The summed E-state index contributed by atoms with van der Waals surface area (Å²) in [5, 5.41) is 8.92. The van der Waals surface area contributed by atoms with Crippen molar-refractivity contribution in [1.82, 2.24) is 14.4 Å². The lowest BCUT2D eigenvalue weighted by atomic mass is 10.2. The summed E-state index contributed by atoms with van der Waals surface area (Å²) in [6.45, 7) is 1.73. The fourth-order valence-corrected chi connectivity index (χ4v) is 2.69. The van der Waals surface area contributed by atoms with Crippen LogP contribution in [0.5, 0.6) is 0 Å². The van der Waals surface area contributed by atoms with Crippen LogP contribution in [-0.2, 0) is 0 Å². The Balaban J connectivity index is 2.11. The molecule has 0 amide bonds. The summed E-state index contributed by atoms with van der Waals surface area (Å²) in [7, 11) is 0. The number of hydrogen-bond donors (Lipinski definition) is 0. The first kappa shape index (κ1) is 13.2. The van der Waals surface area contributed by atoms with Crippen molar-refractivity contribution < 1.29 is 0 Å². The van der Waals surface area contributed by atoms with Crippen molar-refractivity contribution in [3.05, 3.63) is 62.8 Å². The second-order valence-corrected chi connectivity index (χ2v) is 5.42. The lowest BCUT2D eigenvalue weighted by molar-refractivity contribution is 1.03. The number of nitriles is 1. The van der Waals surface area contributed by atoms with E-state index in [1.807, 2.05) is 24.3 Å². The number of aromatic nitrogens is 3. The summed E-state index contributed by atoms with van der Waals surface area (Å²) in [5.41, 5.74) is 1.94. The fraction of sp³-hybridized carbons (Fsp3) is 0.0667. The molecule has 0 bridgehead atoms. The van der Waals surface area contributed by atoms with Crippen LogP contribution in [-0.4, -0.2) is 14.4 Å². The van der Waals surface area contributed by atoms with Gasteiger partial charge in [-0.3, -0.25) is 14.2 Å². The van der Waals surface area contributed by atoms with Crippen molar-refractivity contribution in [2.24, 2.45) is 0 Å². The average molecular weight is 294 g/mol. The van der Waals surface area contributed by atoms with Gasteiger partial charge in [-0.2, -0.15) is 5.26 Å². The number of thiazole rings is 1. The molecule has 0 aliphatic heterocycles. The predicted molar refractivity (Wildman–Crippen MR) is 82.0 cm³/mol. The van der Waals surface area contributed by atoms with Crippen LogP contribution >= 0.6 is 11.3 Å². The molecule has 0 fully saturated rings. The Morgan fingerprint density at radius 2 is 2.29 bits per heavy atom. The lowest BCUT2D eigenvalue weighted by Crippen LogP contribution is -2.17. The van der Waals surface area contributed by atoms with Crippen LogP contribution in [0.1, 0.15) is 21.7 Å². The summed E-state index contributed by atoms with van der Waals surface area (Å²) >= 11 is 1.20. The lowest BCUT2D eigenvalue weighted by Gasteiger charge is -2.00. The van der Waals surface area contributed by atoms with Gasteiger partial charge in [0.15, 0.2) is 4.96 Å². The van der Waals surface area contributed by atoms with Crippen LogP contribution < -0.4 is 5.56 Å². The van der Waals surface area contributed by atoms with Crippen molar-refractivity contribution in [3.8, 4) is 6.07 Å². The Morgan fingerprint density at radius 3 is 3.00 bits per heavy atom. The van der Waals surface area contributed by atoms with Crippen molar-refractivity contribution in [2.45, 2.75) is 6.92 Å². The van der Waals surface area contributed by atoms with Gasteiger partial charge >= 0.3 is 0 Å². The van der Waals surface area contributed by atoms with Crippen LogP contribution in [0, 0.1) is 18.3 Å². The predicted octanol–water partition coefficient (Wildman–Crippen LogP) is 2.50. The van der Waals surface area contributed by atoms with Gasteiger partial charge in [0.1, 0.15) is 10.9 Å². The molecule has 0 unspecified atom stereocenters. The summed E-state index contributed by atoms with van der Waals surface area (Å²) in [5.74, 6) is 0. The summed E-state index contributed by atoms with van der Waals surface area (Å²) in [6.07, 6.45) is 8.61. The number of nitrogens with zero attached hydrogens (tertiary/aromatic N) is 4. The highest BCUT2D eigenvalue weighted by Crippen LogP contribution is 2.16. The monoisotopic (exact) mass is 294 g/mol. The molecule has 0 saturated heterocycles. The van der Waals surface area contributed by atoms with Crippen molar-refractivity contribution in [1.29, 1.82) is 5.26 Å². The van der Waals surface area contributed by atoms with Crippen LogP contribution in [0.2, 0.25) is 0 Å². The van der Waals surface area contributed by atoms with E-state index < -0.39 is 0 Å². The first-order valence-electron chi connectivity index (χ1n) is 6.20. The standard InChI is InChI=1S/C15H10N4OS/c1-10-13(5-4-11-3-2-6-17-8-11)18-15-19(14(10)20)9-12(7-16)21-15/h2-6,8-9H,1H3. The van der Waals surface area contributed by atoms with Crippen LogP contribution in [0.15, 0.2) is 35.5 Å². The zero-order valence-corrected chi connectivity index (χ0v) is 12.0. The zero-order valence-electron chi connectivity index (χ0n) is 11.1. The van der Waals surface area contributed by atoms with Crippen LogP contribution in [0.25, 0.3) is 17.1 Å². The smallest absolute Gasteiger partial charge is 0.262 e. The number of fused-ring (bicyclic) bond motifs is 1. The molecule has 0 atom stereocenters. The molecular weight excluding hydrogens is 284 g/mol. The summed E-state index contributed by atoms with van der Waals surface area (Å²) < 4.78 is 1.42. The minimum absolute atomic E-state index is 0.149. The Morgan fingerprint density at radius 1 is 1.43 bits per heavy atom. The number of rotatable bonds is 2. The number of hydrogen-bond acceptors (Lipinski definition) is 5. The molecule has 102 valence electrons. The van der Waals surface area contributed by atoms with Gasteiger partial charge in [-0.1, -0.05) is 23.5 Å². The molecule has 3 aromatic rings. The van der Waals surface area contributed by atoms with E-state index in [1.165, 1.54) is 21.9 Å². The minimum atomic E-state index is -0.149. The quantitative estimate of drug-likeness (QED) is 0.728. The van der Waals surface area contributed by atoms with Gasteiger partial charge in [0.25, 0.3) is 5.56 Å². The largest absolute Gasteiger partial charge is 0.269 e. The van der Waals surface area contributed by atoms with E-state index in [9.17, 15) is 4.79 Å². The highest BCUT2D eigenvalue weighted by molar-refractivity contribution is 7.17. The zero-order chi connectivity index (χ0) is 14.8. The maximum absolute atomic E-state index is 12.3. The molecule has 0 aromatic carbocycles. The SMILES string of the molecule is Cc1c(C=Cc2cccnc2)nc2sc(C#N)cn2c1=O. The molecule has 0 aliphatic rings. The molecule has 3 heterocycles. The normalized spacial score (nSPS) is 11.0. The molecule has 3 aromatic heterocycles. The Kier molecular flexibility index (Phi) is 3.34. The molecule has 6 heteroatoms. The van der Waals surface area contributed by atoms with Gasteiger partial charge in [-0.05, 0) is 24.6 Å². The maximum atomic E-state index is 12.3. The van der Waals surface area contributed by atoms with Gasteiger partial charge in [-0.15, -0.1) is 0 Å². The van der Waals surface area contributed by atoms with E-state index in [1.54, 1.807) is 25.4 Å². The van der Waals surface area contributed by atoms with Crippen LogP contribution in [0.4, 0.5) is 0 Å². The Bertz CT molecular complexity index is 932. The second kappa shape index (κ2) is 5.31. The first-order valence-corrected chi connectivity index (χ1v) is 7.01. The minimum Gasteiger partial charge on any atom is -0.269 e. The van der Waals surface area contributed by atoms with Crippen molar-refractivity contribution >= 4 is 28.4 Å². The van der Waals surface area contributed by atoms with Gasteiger partial charge in [0, 0.05) is 24.2 Å². The fourth-order valence-electron chi connectivity index (χ4n) is 1.91. The first-order chi connectivity index (χ1) is 10.2. The molecule has 0 saturated carbocycles. The Labute approximate surface area is 124 Å². The summed E-state index contributed by atoms with van der Waals surface area (Å²) in [6, 6.07) is 5.80. The third kappa shape index (κ3) is 2.47. The summed E-state index contributed by atoms with van der Waals surface area (Å²) in [4.78, 5) is 21.7. The molecule has 0 radical (unpaired) electrons. The third-order valence-electron chi connectivity index (χ3n) is 3.02. The van der Waals surface area contributed by atoms with Gasteiger partial charge in [0.2, 0.25) is 0 Å². The van der Waals surface area contributed by atoms with Gasteiger partial charge < -0.3 is 0 Å². The van der Waals surface area contributed by atoms with Gasteiger partial charge in [0.05, 0.1) is 5.69 Å². The van der Waals surface area contributed by atoms with Crippen molar-refractivity contribution in [3.63, 3.8) is 0 Å². The molecule has 3 rings (SSSR count).